The summed E-state index contributed by atoms with van der Waals surface area (Å²) >= 11 is 0. The molecule has 6 heteroatoms. The van der Waals surface area contributed by atoms with Crippen molar-refractivity contribution in [1.82, 2.24) is 19.5 Å². The molecule has 6 nitrogen and oxygen atoms in total. The van der Waals surface area contributed by atoms with E-state index in [0.717, 1.165) is 24.7 Å². The molecule has 1 unspecified atom stereocenters. The first-order valence-electron chi connectivity index (χ1n) is 8.34. The molecule has 0 aromatic carbocycles. The molecule has 1 atom stereocenters. The van der Waals surface area contributed by atoms with Crippen LogP contribution in [-0.4, -0.2) is 32.6 Å². The molecule has 0 radical (unpaired) electrons. The Labute approximate surface area is 134 Å². The predicted octanol–water partition coefficient (Wildman–Crippen LogP) is 1.91. The maximum atomic E-state index is 12.2. The standard InChI is InChI=1S/C17H21N5O/c1-12-3-6-21(11-17(12)4-2-5-17)10-14-7-15(23)22-16(20-14)13(8-18)9-19-22/h7,9,12,19H,2-6,10-11H2,1H3. The molecule has 2 fully saturated rings. The minimum absolute atomic E-state index is 0.157. The van der Waals surface area contributed by atoms with Crippen LogP contribution >= 0.6 is 0 Å². The fourth-order valence-corrected chi connectivity index (χ4v) is 4.20. The lowest BCUT2D eigenvalue weighted by Crippen LogP contribution is -2.51. The van der Waals surface area contributed by atoms with Crippen LogP contribution in [0.1, 0.15) is 43.9 Å². The molecule has 3 heterocycles. The molecule has 2 aliphatic rings. The average molecular weight is 311 g/mol. The Hall–Kier alpha value is -2.13. The van der Waals surface area contributed by atoms with Gasteiger partial charge in [-0.2, -0.15) is 5.26 Å². The summed E-state index contributed by atoms with van der Waals surface area (Å²) in [7, 11) is 0. The maximum Gasteiger partial charge on any atom is 0.272 e. The maximum absolute atomic E-state index is 12.2. The number of aromatic amines is 1. The van der Waals surface area contributed by atoms with Gasteiger partial charge < -0.3 is 0 Å². The summed E-state index contributed by atoms with van der Waals surface area (Å²) in [5, 5.41) is 11.9. The SMILES string of the molecule is CC1CCN(Cc2cc(=O)n3[nH]cc(C#N)c3n2)CC12CCC2. The van der Waals surface area contributed by atoms with Crippen LogP contribution in [0.2, 0.25) is 0 Å². The highest BCUT2D eigenvalue weighted by atomic mass is 16.1. The number of piperidine rings is 1. The Balaban J connectivity index is 1.60. The molecule has 1 saturated heterocycles. The van der Waals surface area contributed by atoms with E-state index in [1.165, 1.54) is 36.4 Å². The lowest BCUT2D eigenvalue weighted by atomic mass is 9.59. The Bertz CT molecular complexity index is 839. The molecule has 1 aliphatic heterocycles. The van der Waals surface area contributed by atoms with Crippen LogP contribution in [0, 0.1) is 22.7 Å². The van der Waals surface area contributed by atoms with Gasteiger partial charge in [-0.15, -0.1) is 0 Å². The normalized spacial score (nSPS) is 23.7. The van der Waals surface area contributed by atoms with Gasteiger partial charge in [-0.3, -0.25) is 14.8 Å². The van der Waals surface area contributed by atoms with E-state index in [-0.39, 0.29) is 5.56 Å². The number of aromatic nitrogens is 3. The molecule has 1 saturated carbocycles. The first kappa shape index (κ1) is 14.5. The Kier molecular flexibility index (Phi) is 3.27. The molecule has 120 valence electrons. The molecule has 1 aliphatic carbocycles. The number of rotatable bonds is 2. The third-order valence-electron chi connectivity index (χ3n) is 5.87. The Morgan fingerprint density at radius 3 is 3.04 bits per heavy atom. The zero-order chi connectivity index (χ0) is 16.0. The molecule has 1 N–H and O–H groups in total. The summed E-state index contributed by atoms with van der Waals surface area (Å²) in [5.74, 6) is 0.795. The number of nitrogens with one attached hydrogen (secondary N) is 1. The Morgan fingerprint density at radius 1 is 1.52 bits per heavy atom. The van der Waals surface area contributed by atoms with Crippen LogP contribution in [0.15, 0.2) is 17.1 Å². The second kappa shape index (κ2) is 5.20. The molecule has 1 spiro atoms. The summed E-state index contributed by atoms with van der Waals surface area (Å²) < 4.78 is 1.33. The molecule has 0 amide bonds. The van der Waals surface area contributed by atoms with E-state index in [1.54, 1.807) is 6.07 Å². The molecular formula is C17H21N5O. The fraction of sp³-hybridized carbons (Fsp3) is 0.588. The summed E-state index contributed by atoms with van der Waals surface area (Å²) in [4.78, 5) is 19.1. The monoisotopic (exact) mass is 311 g/mol. The van der Waals surface area contributed by atoms with Crippen molar-refractivity contribution in [3.05, 3.63) is 33.9 Å². The molecule has 2 aromatic rings. The van der Waals surface area contributed by atoms with Crippen molar-refractivity contribution in [3.63, 3.8) is 0 Å². The minimum atomic E-state index is -0.157. The largest absolute Gasteiger partial charge is 0.297 e. The molecule has 2 aromatic heterocycles. The smallest absolute Gasteiger partial charge is 0.272 e. The first-order chi connectivity index (χ1) is 11.1. The average Bonchev–Trinajstić information content (AvgIpc) is 2.91. The van der Waals surface area contributed by atoms with E-state index < -0.39 is 0 Å². The van der Waals surface area contributed by atoms with Crippen LogP contribution in [0.25, 0.3) is 5.65 Å². The second-order valence-electron chi connectivity index (χ2n) is 7.16. The third-order valence-corrected chi connectivity index (χ3v) is 5.87. The van der Waals surface area contributed by atoms with Gasteiger partial charge in [0.2, 0.25) is 0 Å². The molecule has 4 rings (SSSR count). The zero-order valence-electron chi connectivity index (χ0n) is 13.4. The van der Waals surface area contributed by atoms with Crippen molar-refractivity contribution in [3.8, 4) is 6.07 Å². The topological polar surface area (TPSA) is 77.2 Å². The third kappa shape index (κ3) is 2.27. The van der Waals surface area contributed by atoms with Crippen molar-refractivity contribution in [2.24, 2.45) is 11.3 Å². The zero-order valence-corrected chi connectivity index (χ0v) is 13.4. The lowest BCUT2D eigenvalue weighted by Gasteiger charge is -2.53. The predicted molar refractivity (Wildman–Crippen MR) is 85.9 cm³/mol. The number of fused-ring (bicyclic) bond motifs is 1. The van der Waals surface area contributed by atoms with Gasteiger partial charge in [0.25, 0.3) is 5.56 Å². The Morgan fingerprint density at radius 2 is 2.35 bits per heavy atom. The fourth-order valence-electron chi connectivity index (χ4n) is 4.20. The second-order valence-corrected chi connectivity index (χ2v) is 7.16. The summed E-state index contributed by atoms with van der Waals surface area (Å²) in [6.45, 7) is 5.23. The van der Waals surface area contributed by atoms with E-state index in [4.69, 9.17) is 5.26 Å². The van der Waals surface area contributed by atoms with Gasteiger partial charge in [0.05, 0.1) is 5.69 Å². The van der Waals surface area contributed by atoms with Gasteiger partial charge in [-0.05, 0) is 37.1 Å². The minimum Gasteiger partial charge on any atom is -0.297 e. The van der Waals surface area contributed by atoms with E-state index in [1.807, 2.05) is 0 Å². The molecule has 0 bridgehead atoms. The van der Waals surface area contributed by atoms with Crippen LogP contribution in [-0.2, 0) is 6.54 Å². The first-order valence-corrected chi connectivity index (χ1v) is 8.34. The highest BCUT2D eigenvalue weighted by Gasteiger charge is 2.45. The summed E-state index contributed by atoms with van der Waals surface area (Å²) in [6, 6.07) is 3.66. The van der Waals surface area contributed by atoms with Gasteiger partial charge in [0.1, 0.15) is 11.6 Å². The highest BCUT2D eigenvalue weighted by molar-refractivity contribution is 5.53. The number of likely N-dealkylation sites (tertiary alicyclic amines) is 1. The van der Waals surface area contributed by atoms with Gasteiger partial charge in [-0.25, -0.2) is 9.50 Å². The lowest BCUT2D eigenvalue weighted by molar-refractivity contribution is -0.0316. The number of hydrogen-bond donors (Lipinski definition) is 1. The molecule has 23 heavy (non-hydrogen) atoms. The van der Waals surface area contributed by atoms with Crippen LogP contribution in [0.5, 0.6) is 0 Å². The quantitative estimate of drug-likeness (QED) is 0.919. The van der Waals surface area contributed by atoms with Gasteiger partial charge in [0.15, 0.2) is 5.65 Å². The van der Waals surface area contributed by atoms with Crippen LogP contribution in [0.4, 0.5) is 0 Å². The van der Waals surface area contributed by atoms with Crippen molar-refractivity contribution in [1.29, 1.82) is 5.26 Å². The van der Waals surface area contributed by atoms with Crippen molar-refractivity contribution >= 4 is 5.65 Å². The van der Waals surface area contributed by atoms with E-state index in [9.17, 15) is 4.79 Å². The number of nitriles is 1. The number of hydrogen-bond acceptors (Lipinski definition) is 4. The van der Waals surface area contributed by atoms with Crippen molar-refractivity contribution < 1.29 is 0 Å². The summed E-state index contributed by atoms with van der Waals surface area (Å²) in [5.41, 5.74) is 1.93. The van der Waals surface area contributed by atoms with Crippen molar-refractivity contribution in [2.45, 2.75) is 39.2 Å². The number of H-pyrrole nitrogens is 1. The van der Waals surface area contributed by atoms with E-state index in [0.29, 0.717) is 23.2 Å². The molecular weight excluding hydrogens is 290 g/mol. The van der Waals surface area contributed by atoms with E-state index >= 15 is 0 Å². The summed E-state index contributed by atoms with van der Waals surface area (Å²) in [6.07, 6.45) is 6.75. The van der Waals surface area contributed by atoms with E-state index in [2.05, 4.69) is 28.0 Å². The van der Waals surface area contributed by atoms with Crippen molar-refractivity contribution in [2.75, 3.05) is 13.1 Å². The number of nitrogens with zero attached hydrogens (tertiary/aromatic N) is 4. The van der Waals surface area contributed by atoms with Crippen LogP contribution in [0.3, 0.4) is 0 Å². The highest BCUT2D eigenvalue weighted by Crippen LogP contribution is 2.50. The van der Waals surface area contributed by atoms with Gasteiger partial charge in [-0.1, -0.05) is 13.3 Å². The van der Waals surface area contributed by atoms with Gasteiger partial charge in [0, 0.05) is 25.4 Å². The van der Waals surface area contributed by atoms with Crippen LogP contribution < -0.4 is 5.56 Å². The van der Waals surface area contributed by atoms with Gasteiger partial charge >= 0.3 is 0 Å².